The van der Waals surface area contributed by atoms with Gasteiger partial charge in [0.2, 0.25) is 0 Å². The van der Waals surface area contributed by atoms with Crippen LogP contribution in [0, 0.1) is 11.3 Å². The number of carbonyl (C=O) groups excluding carboxylic acids is 1. The summed E-state index contributed by atoms with van der Waals surface area (Å²) in [4.78, 5) is 16.4. The molecule has 0 bridgehead atoms. The van der Waals surface area contributed by atoms with Gasteiger partial charge in [0.25, 0.3) is 5.91 Å². The molecule has 0 aliphatic carbocycles. The van der Waals surface area contributed by atoms with Gasteiger partial charge in [0.15, 0.2) is 5.60 Å². The number of benzene rings is 1. The van der Waals surface area contributed by atoms with E-state index in [-0.39, 0.29) is 0 Å². The lowest BCUT2D eigenvalue weighted by atomic mass is 9.89. The van der Waals surface area contributed by atoms with Crippen molar-refractivity contribution in [1.82, 2.24) is 20.1 Å². The van der Waals surface area contributed by atoms with Crippen molar-refractivity contribution in [1.29, 1.82) is 5.26 Å². The maximum Gasteiger partial charge on any atom is 0.262 e. The minimum Gasteiger partial charge on any atom is -0.375 e. The molecule has 0 saturated carbocycles. The Bertz CT molecular complexity index is 1170. The molecule has 140 valence electrons. The summed E-state index contributed by atoms with van der Waals surface area (Å²) in [5.74, 6) is -0.154. The summed E-state index contributed by atoms with van der Waals surface area (Å²) in [7, 11) is 0. The van der Waals surface area contributed by atoms with E-state index < -0.39 is 17.0 Å². The smallest absolute Gasteiger partial charge is 0.262 e. The summed E-state index contributed by atoms with van der Waals surface area (Å²) in [6, 6.07) is 11.9. The fourth-order valence-corrected chi connectivity index (χ4v) is 4.13. The van der Waals surface area contributed by atoms with Crippen LogP contribution in [0.2, 0.25) is 0 Å². The van der Waals surface area contributed by atoms with E-state index in [9.17, 15) is 15.2 Å². The first kappa shape index (κ1) is 16.9. The zero-order valence-corrected chi connectivity index (χ0v) is 15.2. The lowest BCUT2D eigenvalue weighted by molar-refractivity contribution is -0.131. The van der Waals surface area contributed by atoms with Crippen LogP contribution >= 0.6 is 0 Å². The number of nitriles is 1. The van der Waals surface area contributed by atoms with Gasteiger partial charge in [0.1, 0.15) is 17.1 Å². The quantitative estimate of drug-likeness (QED) is 0.639. The first-order valence-electron chi connectivity index (χ1n) is 9.07. The Balaban J connectivity index is 1.79. The highest BCUT2D eigenvalue weighted by molar-refractivity contribution is 6.07. The van der Waals surface area contributed by atoms with Crippen LogP contribution in [0.4, 0.5) is 5.82 Å². The summed E-state index contributed by atoms with van der Waals surface area (Å²) in [6.07, 6.45) is 1.94. The molecule has 4 heterocycles. The number of hydrogen-bond donors (Lipinski definition) is 3. The lowest BCUT2D eigenvalue weighted by Gasteiger charge is -2.41. The molecule has 2 aromatic heterocycles. The molecule has 8 nitrogen and oxygen atoms in total. The number of amides is 1. The van der Waals surface area contributed by atoms with Gasteiger partial charge in [-0.05, 0) is 19.1 Å². The largest absolute Gasteiger partial charge is 0.375 e. The lowest BCUT2D eigenvalue weighted by Crippen LogP contribution is -2.60. The first-order valence-corrected chi connectivity index (χ1v) is 9.07. The van der Waals surface area contributed by atoms with E-state index in [4.69, 9.17) is 5.10 Å². The van der Waals surface area contributed by atoms with Crippen LogP contribution in [0.1, 0.15) is 18.9 Å². The predicted octanol–water partition coefficient (Wildman–Crippen LogP) is 1.47. The van der Waals surface area contributed by atoms with Crippen LogP contribution < -0.4 is 10.6 Å². The summed E-state index contributed by atoms with van der Waals surface area (Å²) in [5.41, 5.74) is 0.567. The number of fused-ring (bicyclic) bond motifs is 2. The number of para-hydroxylation sites is 1. The van der Waals surface area contributed by atoms with E-state index in [0.717, 1.165) is 10.9 Å². The van der Waals surface area contributed by atoms with Gasteiger partial charge in [-0.1, -0.05) is 18.2 Å². The molecule has 0 spiro atoms. The molecular formula is C20H18N6O2. The molecule has 0 radical (unpaired) electrons. The monoisotopic (exact) mass is 374 g/mol. The van der Waals surface area contributed by atoms with Gasteiger partial charge in [-0.15, -0.1) is 0 Å². The number of aliphatic hydroxyl groups is 1. The van der Waals surface area contributed by atoms with Gasteiger partial charge in [-0.2, -0.15) is 10.4 Å². The van der Waals surface area contributed by atoms with Crippen molar-refractivity contribution in [3.05, 3.63) is 42.1 Å². The SMILES string of the molecule is C[C@@]1(O)C(=O)Nc2nccc(-c3nn(C4(CC#N)CNC4)c4ccccc34)c21. The highest BCUT2D eigenvalue weighted by Crippen LogP contribution is 2.43. The van der Waals surface area contributed by atoms with Gasteiger partial charge in [-0.25, -0.2) is 4.98 Å². The third-order valence-corrected chi connectivity index (χ3v) is 5.72. The van der Waals surface area contributed by atoms with Gasteiger partial charge in [0, 0.05) is 35.8 Å². The van der Waals surface area contributed by atoms with Gasteiger partial charge >= 0.3 is 0 Å². The number of nitrogens with one attached hydrogen (secondary N) is 2. The summed E-state index contributed by atoms with van der Waals surface area (Å²) >= 11 is 0. The molecule has 5 rings (SSSR count). The molecule has 1 amide bonds. The zero-order chi connectivity index (χ0) is 19.5. The van der Waals surface area contributed by atoms with E-state index in [0.29, 0.717) is 42.1 Å². The molecule has 3 N–H and O–H groups in total. The van der Waals surface area contributed by atoms with Crippen LogP contribution in [0.3, 0.4) is 0 Å². The van der Waals surface area contributed by atoms with Crippen LogP contribution in [-0.2, 0) is 15.9 Å². The number of aromatic nitrogens is 3. The highest BCUT2D eigenvalue weighted by atomic mass is 16.3. The van der Waals surface area contributed by atoms with Crippen molar-refractivity contribution >= 4 is 22.6 Å². The van der Waals surface area contributed by atoms with Crippen molar-refractivity contribution in [2.45, 2.75) is 24.5 Å². The van der Waals surface area contributed by atoms with Crippen LogP contribution in [0.25, 0.3) is 22.2 Å². The van der Waals surface area contributed by atoms with Crippen molar-refractivity contribution in [2.75, 3.05) is 18.4 Å². The molecule has 2 aliphatic heterocycles. The normalized spacial score (nSPS) is 22.4. The Morgan fingerprint density at radius 2 is 2.11 bits per heavy atom. The van der Waals surface area contributed by atoms with E-state index in [1.54, 1.807) is 12.3 Å². The van der Waals surface area contributed by atoms with E-state index >= 15 is 0 Å². The molecular weight excluding hydrogens is 356 g/mol. The average molecular weight is 374 g/mol. The Morgan fingerprint density at radius 1 is 1.32 bits per heavy atom. The zero-order valence-electron chi connectivity index (χ0n) is 15.2. The van der Waals surface area contributed by atoms with E-state index in [1.165, 1.54) is 6.92 Å². The van der Waals surface area contributed by atoms with Crippen molar-refractivity contribution < 1.29 is 9.90 Å². The second-order valence-electron chi connectivity index (χ2n) is 7.55. The van der Waals surface area contributed by atoms with Crippen LogP contribution in [0.15, 0.2) is 36.5 Å². The second-order valence-corrected chi connectivity index (χ2v) is 7.55. The van der Waals surface area contributed by atoms with Gasteiger partial charge in [0.05, 0.1) is 18.0 Å². The second kappa shape index (κ2) is 5.61. The molecule has 1 atom stereocenters. The number of rotatable bonds is 3. The number of pyridine rings is 1. The number of anilines is 1. The first-order chi connectivity index (χ1) is 13.5. The predicted molar refractivity (Wildman–Crippen MR) is 102 cm³/mol. The third-order valence-electron chi connectivity index (χ3n) is 5.72. The number of carbonyl (C=O) groups is 1. The number of nitrogens with zero attached hydrogens (tertiary/aromatic N) is 4. The number of hydrogen-bond acceptors (Lipinski definition) is 6. The summed E-state index contributed by atoms with van der Waals surface area (Å²) < 4.78 is 1.92. The van der Waals surface area contributed by atoms with Crippen molar-refractivity contribution in [3.63, 3.8) is 0 Å². The van der Waals surface area contributed by atoms with Crippen molar-refractivity contribution in [3.8, 4) is 17.3 Å². The molecule has 2 aliphatic rings. The average Bonchev–Trinajstić information content (AvgIpc) is 3.14. The van der Waals surface area contributed by atoms with Gasteiger partial charge < -0.3 is 15.7 Å². The standard InChI is InChI=1S/C20H18N6O2/c1-19(28)15-13(6-9-23-17(15)24-18(19)27)16-12-4-2-3-5-14(12)26(25-16)20(7-8-21)10-22-11-20/h2-6,9,22,28H,7,10-11H2,1H3,(H,23,24,27)/t19-/m0/s1. The summed E-state index contributed by atoms with van der Waals surface area (Å²) in [5, 5.41) is 31.8. The van der Waals surface area contributed by atoms with E-state index in [2.05, 4.69) is 21.7 Å². The Hall–Kier alpha value is -3.28. The van der Waals surface area contributed by atoms with Crippen molar-refractivity contribution in [2.24, 2.45) is 0 Å². The Labute approximate surface area is 160 Å². The molecule has 3 aromatic rings. The highest BCUT2D eigenvalue weighted by Gasteiger charge is 2.45. The van der Waals surface area contributed by atoms with Gasteiger partial charge in [-0.3, -0.25) is 9.48 Å². The maximum absolute atomic E-state index is 12.2. The molecule has 1 saturated heterocycles. The molecule has 28 heavy (non-hydrogen) atoms. The minimum absolute atomic E-state index is 0.345. The fraction of sp³-hybridized carbons (Fsp3) is 0.300. The maximum atomic E-state index is 12.2. The Morgan fingerprint density at radius 3 is 2.82 bits per heavy atom. The van der Waals surface area contributed by atoms with Crippen LogP contribution in [-0.4, -0.2) is 38.9 Å². The molecule has 0 unspecified atom stereocenters. The van der Waals surface area contributed by atoms with E-state index in [1.807, 2.05) is 28.9 Å². The molecule has 1 aromatic carbocycles. The molecule has 8 heteroatoms. The summed E-state index contributed by atoms with van der Waals surface area (Å²) in [6.45, 7) is 2.79. The third kappa shape index (κ3) is 2.08. The topological polar surface area (TPSA) is 116 Å². The minimum atomic E-state index is -1.69. The Kier molecular flexibility index (Phi) is 3.38. The fourth-order valence-electron chi connectivity index (χ4n) is 4.13. The van der Waals surface area contributed by atoms with Crippen LogP contribution in [0.5, 0.6) is 0 Å². The molecule has 1 fully saturated rings.